The second-order valence-electron chi connectivity index (χ2n) is 9.83. The fourth-order valence-electron chi connectivity index (χ4n) is 4.71. The third-order valence-corrected chi connectivity index (χ3v) is 6.97. The zero-order valence-electron chi connectivity index (χ0n) is 23.2. The number of nitrogens with zero attached hydrogens (tertiary/aromatic N) is 2. The van der Waals surface area contributed by atoms with Crippen LogP contribution in [0.15, 0.2) is 91.2 Å². The lowest BCUT2D eigenvalue weighted by Crippen LogP contribution is -2.36. The van der Waals surface area contributed by atoms with Crippen LogP contribution in [0.2, 0.25) is 0 Å². The molecule has 0 bridgehead atoms. The average Bonchev–Trinajstić information content (AvgIpc) is 2.96. The van der Waals surface area contributed by atoms with Crippen molar-refractivity contribution in [2.75, 3.05) is 31.0 Å². The first-order valence-electron chi connectivity index (χ1n) is 13.6. The van der Waals surface area contributed by atoms with E-state index in [0.717, 1.165) is 59.3 Å². The second-order valence-corrected chi connectivity index (χ2v) is 9.83. The molecule has 3 aromatic carbocycles. The maximum atomic E-state index is 13.9. The van der Waals surface area contributed by atoms with Crippen molar-refractivity contribution in [1.82, 2.24) is 0 Å². The van der Waals surface area contributed by atoms with Gasteiger partial charge in [-0.25, -0.2) is 0 Å². The number of anilines is 2. The van der Waals surface area contributed by atoms with Crippen molar-refractivity contribution in [2.45, 2.75) is 38.6 Å². The van der Waals surface area contributed by atoms with Crippen molar-refractivity contribution in [3.05, 3.63) is 102 Å². The molecule has 0 saturated heterocycles. The van der Waals surface area contributed by atoms with Crippen molar-refractivity contribution in [3.8, 4) is 11.1 Å². The fraction of sp³-hybridized carbons (Fsp3) is 0.303. The molecule has 0 spiro atoms. The highest BCUT2D eigenvalue weighted by molar-refractivity contribution is 5.95. The van der Waals surface area contributed by atoms with E-state index in [1.807, 2.05) is 68.7 Å². The number of carbonyl (C=O) groups is 1. The van der Waals surface area contributed by atoms with Crippen LogP contribution >= 0.6 is 0 Å². The summed E-state index contributed by atoms with van der Waals surface area (Å²) < 4.78 is 14.4. The molecule has 0 radical (unpaired) electrons. The molecule has 1 aliphatic carbocycles. The Kier molecular flexibility index (Phi) is 8.37. The molecule has 0 N–H and O–H groups in total. The van der Waals surface area contributed by atoms with Gasteiger partial charge >= 0.3 is 0 Å². The van der Waals surface area contributed by atoms with Gasteiger partial charge in [0.25, 0.3) is 0 Å². The lowest BCUT2D eigenvalue weighted by molar-refractivity contribution is -0.123. The van der Waals surface area contributed by atoms with Gasteiger partial charge in [-0.15, -0.1) is 0 Å². The van der Waals surface area contributed by atoms with Crippen molar-refractivity contribution < 1.29 is 10.9 Å². The Balaban J connectivity index is 1.63. The molecule has 3 aromatic rings. The Morgan fingerprint density at radius 1 is 0.973 bits per heavy atom. The molecule has 0 aliphatic heterocycles. The Morgan fingerprint density at radius 3 is 2.24 bits per heavy atom. The number of amides is 1. The number of hydrogen-bond acceptors (Lipinski definition) is 3. The predicted molar refractivity (Wildman–Crippen MR) is 156 cm³/mol. The summed E-state index contributed by atoms with van der Waals surface area (Å²) in [4.78, 5) is 17.6. The van der Waals surface area contributed by atoms with Crippen LogP contribution < -0.4 is 9.80 Å². The van der Waals surface area contributed by atoms with E-state index in [2.05, 4.69) is 35.7 Å². The first kappa shape index (κ1) is 24.9. The molecular formula is C33H38N2O2. The first-order valence-corrected chi connectivity index (χ1v) is 13.0. The number of rotatable bonds is 9. The van der Waals surface area contributed by atoms with Gasteiger partial charge in [0.05, 0.1) is 15.0 Å². The number of carbonyl (C=O) groups excluding carboxylic acids is 1. The summed E-state index contributed by atoms with van der Waals surface area (Å²) in [6.07, 6.45) is 8.79. The van der Waals surface area contributed by atoms with Crippen LogP contribution in [0.4, 0.5) is 11.4 Å². The van der Waals surface area contributed by atoms with Gasteiger partial charge < -0.3 is 14.5 Å². The predicted octanol–water partition coefficient (Wildman–Crippen LogP) is 7.71. The molecule has 1 fully saturated rings. The van der Waals surface area contributed by atoms with Crippen molar-refractivity contribution in [3.63, 3.8) is 0 Å². The summed E-state index contributed by atoms with van der Waals surface area (Å²) >= 11 is 0. The Hall–Kier alpha value is -3.79. The van der Waals surface area contributed by atoms with Crippen LogP contribution in [-0.2, 0) is 16.1 Å². The highest BCUT2D eigenvalue weighted by atomic mass is 16.5. The van der Waals surface area contributed by atoms with Crippen molar-refractivity contribution in [2.24, 2.45) is 5.92 Å². The van der Waals surface area contributed by atoms with Gasteiger partial charge in [-0.2, -0.15) is 0 Å². The lowest BCUT2D eigenvalue weighted by atomic mass is 9.88. The van der Waals surface area contributed by atoms with Gasteiger partial charge in [0.2, 0.25) is 5.91 Å². The third-order valence-electron chi connectivity index (χ3n) is 6.97. The summed E-state index contributed by atoms with van der Waals surface area (Å²) in [5.74, 6) is 0.550. The summed E-state index contributed by atoms with van der Waals surface area (Å²) in [5.41, 5.74) is 5.80. The SMILES string of the molecule is [2H]C(c1ccc(-c2ccc(N(C)C)cc2)cc1)N(C(=O)C1CCCCC1)c1cccc(/C=C/C(=C)OC)c1. The lowest BCUT2D eigenvalue weighted by Gasteiger charge is -2.30. The van der Waals surface area contributed by atoms with E-state index >= 15 is 0 Å². The third kappa shape index (κ3) is 6.91. The zero-order valence-corrected chi connectivity index (χ0v) is 22.2. The van der Waals surface area contributed by atoms with E-state index in [4.69, 9.17) is 4.74 Å². The fourth-order valence-corrected chi connectivity index (χ4v) is 4.71. The van der Waals surface area contributed by atoms with E-state index in [-0.39, 0.29) is 11.8 Å². The van der Waals surface area contributed by atoms with E-state index in [0.29, 0.717) is 5.76 Å². The van der Waals surface area contributed by atoms with Gasteiger partial charge in [0.1, 0.15) is 5.76 Å². The number of ether oxygens (including phenoxy) is 1. The van der Waals surface area contributed by atoms with Crippen LogP contribution in [0.1, 0.15) is 44.6 Å². The minimum Gasteiger partial charge on any atom is -0.497 e. The van der Waals surface area contributed by atoms with E-state index in [1.54, 1.807) is 18.1 Å². The molecule has 1 amide bonds. The summed E-state index contributed by atoms with van der Waals surface area (Å²) in [7, 11) is 5.64. The van der Waals surface area contributed by atoms with Gasteiger partial charge in [-0.3, -0.25) is 4.79 Å². The van der Waals surface area contributed by atoms with Gasteiger partial charge in [0, 0.05) is 31.4 Å². The van der Waals surface area contributed by atoms with E-state index in [1.165, 1.54) is 6.42 Å². The van der Waals surface area contributed by atoms with Crippen LogP contribution in [0.3, 0.4) is 0 Å². The monoisotopic (exact) mass is 495 g/mol. The molecule has 1 saturated carbocycles. The van der Waals surface area contributed by atoms with Gasteiger partial charge in [0.15, 0.2) is 0 Å². The topological polar surface area (TPSA) is 32.8 Å². The average molecular weight is 496 g/mol. The largest absolute Gasteiger partial charge is 0.497 e. The maximum absolute atomic E-state index is 13.9. The molecule has 4 rings (SSSR count). The molecule has 1 aliphatic rings. The summed E-state index contributed by atoms with van der Waals surface area (Å²) in [6.45, 7) is 2.99. The smallest absolute Gasteiger partial charge is 0.230 e. The van der Waals surface area contributed by atoms with E-state index < -0.39 is 6.52 Å². The number of allylic oxidation sites excluding steroid dienone is 1. The van der Waals surface area contributed by atoms with Crippen molar-refractivity contribution in [1.29, 1.82) is 0 Å². The highest BCUT2D eigenvalue weighted by Gasteiger charge is 2.27. The van der Waals surface area contributed by atoms with Crippen LogP contribution in [0.5, 0.6) is 0 Å². The molecule has 4 nitrogen and oxygen atoms in total. The number of hydrogen-bond donors (Lipinski definition) is 0. The van der Waals surface area contributed by atoms with Crippen LogP contribution in [-0.4, -0.2) is 27.1 Å². The molecule has 0 heterocycles. The van der Waals surface area contributed by atoms with Gasteiger partial charge in [-0.1, -0.05) is 80.4 Å². The normalized spacial score (nSPS) is 15.2. The quantitative estimate of drug-likeness (QED) is 0.225. The Labute approximate surface area is 223 Å². The Morgan fingerprint density at radius 2 is 1.62 bits per heavy atom. The molecule has 0 aromatic heterocycles. The molecule has 1 unspecified atom stereocenters. The van der Waals surface area contributed by atoms with E-state index in [9.17, 15) is 6.17 Å². The molecule has 4 heteroatoms. The van der Waals surface area contributed by atoms with Gasteiger partial charge in [-0.05, 0) is 65.4 Å². The maximum Gasteiger partial charge on any atom is 0.230 e. The molecule has 1 atom stereocenters. The van der Waals surface area contributed by atoms with Crippen LogP contribution in [0.25, 0.3) is 17.2 Å². The number of methoxy groups -OCH3 is 1. The molecular weight excluding hydrogens is 456 g/mol. The highest BCUT2D eigenvalue weighted by Crippen LogP contribution is 2.30. The Bertz CT molecular complexity index is 1260. The first-order chi connectivity index (χ1) is 18.4. The minimum absolute atomic E-state index is 0.0375. The molecule has 37 heavy (non-hydrogen) atoms. The summed E-state index contributed by atoms with van der Waals surface area (Å²) in [5, 5.41) is 0. The minimum atomic E-state index is -0.845. The number of benzene rings is 3. The standard InChI is InChI=1S/C33H38N2O2/c1-25(37-4)13-14-26-9-8-12-32(23-26)35(33(36)30-10-6-5-7-11-30)24-27-15-17-28(18-16-27)29-19-21-31(22-20-29)34(2)3/h8-9,12-23,30H,1,5-7,10-11,24H2,2-4H3/b14-13+/i24D. The van der Waals surface area contributed by atoms with Crippen molar-refractivity contribution >= 4 is 23.4 Å². The second kappa shape index (κ2) is 12.4. The summed E-state index contributed by atoms with van der Waals surface area (Å²) in [6, 6.07) is 24.2. The molecule has 192 valence electrons. The van der Waals surface area contributed by atoms with Crippen LogP contribution in [0, 0.1) is 5.92 Å². The zero-order chi connectivity index (χ0) is 27.1.